The Labute approximate surface area is 114 Å². The molecule has 0 unspecified atom stereocenters. The number of hydrogen-bond acceptors (Lipinski definition) is 4. The second kappa shape index (κ2) is 5.12. The van der Waals surface area contributed by atoms with Gasteiger partial charge in [-0.3, -0.25) is 0 Å². The molecule has 0 bridgehead atoms. The molecule has 1 aromatic rings. The average Bonchev–Trinajstić information content (AvgIpc) is 2.26. The van der Waals surface area contributed by atoms with E-state index in [0.29, 0.717) is 19.6 Å². The van der Waals surface area contributed by atoms with E-state index >= 15 is 0 Å². The Morgan fingerprint density at radius 1 is 1.32 bits per heavy atom. The lowest BCUT2D eigenvalue weighted by molar-refractivity contribution is -0.189. The molecular formula is C15H23NO3. The third-order valence-corrected chi connectivity index (χ3v) is 3.20. The second-order valence-electron chi connectivity index (χ2n) is 6.27. The minimum atomic E-state index is -0.861. The van der Waals surface area contributed by atoms with Gasteiger partial charge in [0.2, 0.25) is 0 Å². The summed E-state index contributed by atoms with van der Waals surface area (Å²) in [6, 6.07) is 7.56. The molecule has 1 heterocycles. The molecule has 1 fully saturated rings. The largest absolute Gasteiger partial charge is 0.488 e. The standard InChI is InChI=1S/C15H23NO3/c1-14(2,3)19-12-6-4-11(5-7-12)8-13(16)15(17)9-18-10-15/h4-7,13,17H,8-10,16H2,1-3H3/t13-/m1/s1. The molecule has 1 aliphatic heterocycles. The number of rotatable bonds is 4. The van der Waals surface area contributed by atoms with Crippen molar-refractivity contribution in [2.75, 3.05) is 13.2 Å². The molecule has 1 atom stereocenters. The maximum Gasteiger partial charge on any atom is 0.126 e. The van der Waals surface area contributed by atoms with Crippen LogP contribution in [-0.4, -0.2) is 35.6 Å². The zero-order valence-electron chi connectivity index (χ0n) is 11.8. The topological polar surface area (TPSA) is 64.7 Å². The molecule has 106 valence electrons. The zero-order chi connectivity index (χ0) is 14.1. The zero-order valence-corrected chi connectivity index (χ0v) is 11.8. The highest BCUT2D eigenvalue weighted by Crippen LogP contribution is 2.24. The molecule has 19 heavy (non-hydrogen) atoms. The van der Waals surface area contributed by atoms with Gasteiger partial charge >= 0.3 is 0 Å². The summed E-state index contributed by atoms with van der Waals surface area (Å²) in [6.07, 6.45) is 0.635. The van der Waals surface area contributed by atoms with Gasteiger partial charge in [0.05, 0.1) is 13.2 Å². The number of benzene rings is 1. The molecule has 0 aromatic heterocycles. The van der Waals surface area contributed by atoms with Crippen molar-refractivity contribution >= 4 is 0 Å². The first kappa shape index (κ1) is 14.3. The molecule has 1 aliphatic rings. The van der Waals surface area contributed by atoms with Crippen LogP contribution in [0.5, 0.6) is 5.75 Å². The Balaban J connectivity index is 1.95. The fourth-order valence-corrected chi connectivity index (χ4v) is 2.02. The van der Waals surface area contributed by atoms with Crippen LogP contribution in [-0.2, 0) is 11.2 Å². The first-order valence-corrected chi connectivity index (χ1v) is 6.62. The predicted octanol–water partition coefficient (Wildman–Crippen LogP) is 1.49. The smallest absolute Gasteiger partial charge is 0.126 e. The molecular weight excluding hydrogens is 242 g/mol. The number of aliphatic hydroxyl groups is 1. The highest BCUT2D eigenvalue weighted by atomic mass is 16.5. The third-order valence-electron chi connectivity index (χ3n) is 3.20. The third kappa shape index (κ3) is 3.69. The van der Waals surface area contributed by atoms with Gasteiger partial charge in [-0.2, -0.15) is 0 Å². The van der Waals surface area contributed by atoms with Crippen LogP contribution in [0.3, 0.4) is 0 Å². The van der Waals surface area contributed by atoms with E-state index in [9.17, 15) is 5.11 Å². The number of ether oxygens (including phenoxy) is 2. The molecule has 0 aliphatic carbocycles. The van der Waals surface area contributed by atoms with Crippen molar-refractivity contribution in [3.8, 4) is 5.75 Å². The van der Waals surface area contributed by atoms with E-state index in [1.807, 2.05) is 45.0 Å². The minimum absolute atomic E-state index is 0.198. The summed E-state index contributed by atoms with van der Waals surface area (Å²) >= 11 is 0. The van der Waals surface area contributed by atoms with Crippen molar-refractivity contribution in [3.05, 3.63) is 29.8 Å². The van der Waals surface area contributed by atoms with Crippen LogP contribution in [0.25, 0.3) is 0 Å². The van der Waals surface area contributed by atoms with Crippen molar-refractivity contribution < 1.29 is 14.6 Å². The molecule has 4 nitrogen and oxygen atoms in total. The van der Waals surface area contributed by atoms with Gasteiger partial charge in [0.1, 0.15) is 17.0 Å². The van der Waals surface area contributed by atoms with Crippen molar-refractivity contribution in [1.29, 1.82) is 0 Å². The summed E-state index contributed by atoms with van der Waals surface area (Å²) in [4.78, 5) is 0. The molecule has 2 rings (SSSR count). The van der Waals surface area contributed by atoms with Gasteiger partial charge in [-0.25, -0.2) is 0 Å². The summed E-state index contributed by atoms with van der Waals surface area (Å²) in [5.41, 5.74) is 6.06. The van der Waals surface area contributed by atoms with Crippen LogP contribution in [0, 0.1) is 0 Å². The Kier molecular flexibility index (Phi) is 3.85. The quantitative estimate of drug-likeness (QED) is 0.866. The fourth-order valence-electron chi connectivity index (χ4n) is 2.02. The molecule has 3 N–H and O–H groups in total. The maximum atomic E-state index is 10.1. The van der Waals surface area contributed by atoms with Crippen LogP contribution in [0.2, 0.25) is 0 Å². The first-order chi connectivity index (χ1) is 8.78. The Bertz CT molecular complexity index is 418. The molecule has 1 saturated heterocycles. The normalized spacial score (nSPS) is 19.6. The van der Waals surface area contributed by atoms with Crippen LogP contribution in [0.1, 0.15) is 26.3 Å². The van der Waals surface area contributed by atoms with E-state index in [0.717, 1.165) is 11.3 Å². The lowest BCUT2D eigenvalue weighted by Crippen LogP contribution is -2.62. The van der Waals surface area contributed by atoms with E-state index in [1.165, 1.54) is 0 Å². The average molecular weight is 265 g/mol. The Hall–Kier alpha value is -1.10. The van der Waals surface area contributed by atoms with E-state index in [-0.39, 0.29) is 11.6 Å². The van der Waals surface area contributed by atoms with Gasteiger partial charge in [-0.15, -0.1) is 0 Å². The van der Waals surface area contributed by atoms with Gasteiger partial charge in [-0.1, -0.05) is 12.1 Å². The lowest BCUT2D eigenvalue weighted by Gasteiger charge is -2.41. The Morgan fingerprint density at radius 3 is 2.32 bits per heavy atom. The molecule has 0 saturated carbocycles. The monoisotopic (exact) mass is 265 g/mol. The fraction of sp³-hybridized carbons (Fsp3) is 0.600. The van der Waals surface area contributed by atoms with Gasteiger partial charge in [0.15, 0.2) is 0 Å². The predicted molar refractivity (Wildman–Crippen MR) is 74.3 cm³/mol. The van der Waals surface area contributed by atoms with E-state index in [4.69, 9.17) is 15.2 Å². The molecule has 0 amide bonds. The summed E-state index contributed by atoms with van der Waals surface area (Å²) in [5.74, 6) is 0.843. The van der Waals surface area contributed by atoms with Crippen LogP contribution < -0.4 is 10.5 Å². The van der Waals surface area contributed by atoms with E-state index < -0.39 is 5.60 Å². The minimum Gasteiger partial charge on any atom is -0.488 e. The molecule has 1 aromatic carbocycles. The number of hydrogen-bond donors (Lipinski definition) is 2. The van der Waals surface area contributed by atoms with E-state index in [2.05, 4.69) is 0 Å². The Morgan fingerprint density at radius 2 is 1.89 bits per heavy atom. The van der Waals surface area contributed by atoms with Crippen LogP contribution >= 0.6 is 0 Å². The van der Waals surface area contributed by atoms with Crippen molar-refractivity contribution in [2.45, 2.75) is 44.4 Å². The summed E-state index contributed by atoms with van der Waals surface area (Å²) in [5, 5.41) is 10.1. The summed E-state index contributed by atoms with van der Waals surface area (Å²) in [6.45, 7) is 6.72. The van der Waals surface area contributed by atoms with Crippen LogP contribution in [0.15, 0.2) is 24.3 Å². The lowest BCUT2D eigenvalue weighted by atomic mass is 9.88. The molecule has 0 spiro atoms. The molecule has 4 heteroatoms. The van der Waals surface area contributed by atoms with Crippen LogP contribution in [0.4, 0.5) is 0 Å². The first-order valence-electron chi connectivity index (χ1n) is 6.62. The maximum absolute atomic E-state index is 10.1. The summed E-state index contributed by atoms with van der Waals surface area (Å²) < 4.78 is 10.8. The van der Waals surface area contributed by atoms with Gasteiger partial charge < -0.3 is 20.3 Å². The van der Waals surface area contributed by atoms with Crippen molar-refractivity contribution in [2.24, 2.45) is 5.73 Å². The van der Waals surface area contributed by atoms with Gasteiger partial charge in [-0.05, 0) is 44.9 Å². The summed E-state index contributed by atoms with van der Waals surface area (Å²) in [7, 11) is 0. The van der Waals surface area contributed by atoms with Crippen molar-refractivity contribution in [3.63, 3.8) is 0 Å². The molecule has 0 radical (unpaired) electrons. The van der Waals surface area contributed by atoms with Gasteiger partial charge in [0.25, 0.3) is 0 Å². The SMILES string of the molecule is CC(C)(C)Oc1ccc(C[C@@H](N)C2(O)COC2)cc1. The highest BCUT2D eigenvalue weighted by Gasteiger charge is 2.41. The highest BCUT2D eigenvalue weighted by molar-refractivity contribution is 5.28. The van der Waals surface area contributed by atoms with E-state index in [1.54, 1.807) is 0 Å². The van der Waals surface area contributed by atoms with Gasteiger partial charge in [0, 0.05) is 6.04 Å². The second-order valence-corrected chi connectivity index (χ2v) is 6.27. The number of nitrogens with two attached hydrogens (primary N) is 1. The van der Waals surface area contributed by atoms with Crippen molar-refractivity contribution in [1.82, 2.24) is 0 Å².